The number of hydrogen-bond donors (Lipinski definition) is 1. The SMILES string of the molecule is [C-]#[N+]c1ccc(COc2cccc(-c3ccc(Cc4nc5ccc(C(=O)O)nc5n4CC4(C)CC4)c(F)c3)n2)c(F)c1. The van der Waals surface area contributed by atoms with Gasteiger partial charge in [-0.05, 0) is 54.2 Å². The Morgan fingerprint density at radius 1 is 1.02 bits per heavy atom. The highest BCUT2D eigenvalue weighted by atomic mass is 19.1. The molecule has 3 aromatic heterocycles. The topological polar surface area (TPSA) is 94.5 Å². The zero-order valence-electron chi connectivity index (χ0n) is 22.6. The lowest BCUT2D eigenvalue weighted by Gasteiger charge is -2.14. The summed E-state index contributed by atoms with van der Waals surface area (Å²) in [6, 6.07) is 17.2. The van der Waals surface area contributed by atoms with E-state index in [1.54, 1.807) is 36.4 Å². The summed E-state index contributed by atoms with van der Waals surface area (Å²) in [5.74, 6) is -1.21. The molecule has 42 heavy (non-hydrogen) atoms. The molecule has 0 aliphatic heterocycles. The van der Waals surface area contributed by atoms with Gasteiger partial charge in [0.25, 0.3) is 0 Å². The molecule has 210 valence electrons. The molecule has 1 aliphatic carbocycles. The Morgan fingerprint density at radius 3 is 2.52 bits per heavy atom. The minimum absolute atomic E-state index is 0.0615. The van der Waals surface area contributed by atoms with Gasteiger partial charge in [-0.3, -0.25) is 0 Å². The van der Waals surface area contributed by atoms with Crippen LogP contribution in [0.5, 0.6) is 5.88 Å². The van der Waals surface area contributed by atoms with E-state index in [2.05, 4.69) is 26.7 Å². The first-order valence-corrected chi connectivity index (χ1v) is 13.4. The second kappa shape index (κ2) is 10.7. The Balaban J connectivity index is 1.23. The monoisotopic (exact) mass is 565 g/mol. The van der Waals surface area contributed by atoms with Gasteiger partial charge in [0, 0.05) is 30.2 Å². The predicted molar refractivity (Wildman–Crippen MR) is 151 cm³/mol. The molecule has 3 heterocycles. The van der Waals surface area contributed by atoms with Crippen LogP contribution in [0.4, 0.5) is 14.5 Å². The lowest BCUT2D eigenvalue weighted by Crippen LogP contribution is -2.13. The van der Waals surface area contributed by atoms with Crippen molar-refractivity contribution in [3.63, 3.8) is 0 Å². The Labute approximate surface area is 240 Å². The number of carbonyl (C=O) groups is 1. The molecule has 10 heteroatoms. The summed E-state index contributed by atoms with van der Waals surface area (Å²) in [7, 11) is 0. The van der Waals surface area contributed by atoms with Gasteiger partial charge in [0.05, 0.1) is 12.3 Å². The number of aromatic nitrogens is 4. The van der Waals surface area contributed by atoms with Crippen LogP contribution >= 0.6 is 0 Å². The van der Waals surface area contributed by atoms with Gasteiger partial charge in [0.1, 0.15) is 29.6 Å². The smallest absolute Gasteiger partial charge is 0.354 e. The number of pyridine rings is 2. The molecular weight excluding hydrogens is 540 g/mol. The number of imidazole rings is 1. The zero-order valence-corrected chi connectivity index (χ0v) is 22.6. The molecule has 1 aliphatic rings. The average Bonchev–Trinajstić information content (AvgIpc) is 3.63. The number of carboxylic acids is 1. The van der Waals surface area contributed by atoms with E-state index in [9.17, 15) is 14.3 Å². The van der Waals surface area contributed by atoms with Crippen LogP contribution in [0.15, 0.2) is 66.7 Å². The van der Waals surface area contributed by atoms with Crippen molar-refractivity contribution in [2.45, 2.75) is 39.3 Å². The summed E-state index contributed by atoms with van der Waals surface area (Å²) >= 11 is 0. The lowest BCUT2D eigenvalue weighted by atomic mass is 10.0. The summed E-state index contributed by atoms with van der Waals surface area (Å²) in [6.45, 7) is 9.70. The Morgan fingerprint density at radius 2 is 1.81 bits per heavy atom. The normalized spacial score (nSPS) is 13.6. The third-order valence-electron chi connectivity index (χ3n) is 7.50. The lowest BCUT2D eigenvalue weighted by molar-refractivity contribution is 0.0691. The van der Waals surface area contributed by atoms with E-state index in [0.717, 1.165) is 18.9 Å². The first kappa shape index (κ1) is 27.0. The third kappa shape index (κ3) is 5.54. The molecule has 1 N–H and O–H groups in total. The van der Waals surface area contributed by atoms with Crippen LogP contribution in [0.2, 0.25) is 0 Å². The van der Waals surface area contributed by atoms with Gasteiger partial charge in [-0.2, -0.15) is 0 Å². The standard InChI is InChI=1S/C32H25F2N5O3/c1-32(12-13-32)18-39-28(36-26-10-11-27(31(40)41)38-30(26)39)15-19-6-7-20(14-23(19)33)25-4-3-5-29(37-25)42-17-21-8-9-22(35-2)16-24(21)34/h3-11,14,16H,12-13,15,17-18H2,1H3,(H,40,41). The van der Waals surface area contributed by atoms with Crippen LogP contribution in [0, 0.1) is 23.6 Å². The fourth-order valence-corrected chi connectivity index (χ4v) is 4.77. The second-order valence-electron chi connectivity index (χ2n) is 10.8. The average molecular weight is 566 g/mol. The molecule has 0 amide bonds. The van der Waals surface area contributed by atoms with Crippen molar-refractivity contribution in [1.82, 2.24) is 19.5 Å². The Kier molecular flexibility index (Phi) is 6.86. The fourth-order valence-electron chi connectivity index (χ4n) is 4.77. The highest BCUT2D eigenvalue weighted by Gasteiger charge is 2.38. The van der Waals surface area contributed by atoms with Crippen LogP contribution in [-0.4, -0.2) is 30.6 Å². The summed E-state index contributed by atoms with van der Waals surface area (Å²) in [4.78, 5) is 28.2. The van der Waals surface area contributed by atoms with Crippen molar-refractivity contribution in [3.8, 4) is 17.1 Å². The summed E-state index contributed by atoms with van der Waals surface area (Å²) < 4.78 is 37.3. The van der Waals surface area contributed by atoms with Crippen molar-refractivity contribution in [3.05, 3.63) is 112 Å². The second-order valence-corrected chi connectivity index (χ2v) is 10.8. The van der Waals surface area contributed by atoms with Crippen molar-refractivity contribution < 1.29 is 23.4 Å². The van der Waals surface area contributed by atoms with Gasteiger partial charge in [0.2, 0.25) is 5.88 Å². The molecule has 1 saturated carbocycles. The summed E-state index contributed by atoms with van der Waals surface area (Å²) in [5, 5.41) is 9.43. The predicted octanol–water partition coefficient (Wildman–Crippen LogP) is 6.99. The number of carboxylic acid groups (broad SMARTS) is 1. The largest absolute Gasteiger partial charge is 0.477 e. The first-order valence-electron chi connectivity index (χ1n) is 13.4. The van der Waals surface area contributed by atoms with Crippen molar-refractivity contribution in [2.75, 3.05) is 0 Å². The van der Waals surface area contributed by atoms with Crippen molar-refractivity contribution in [1.29, 1.82) is 0 Å². The van der Waals surface area contributed by atoms with Gasteiger partial charge in [-0.1, -0.05) is 37.3 Å². The number of fused-ring (bicyclic) bond motifs is 1. The summed E-state index contributed by atoms with van der Waals surface area (Å²) in [5.41, 5.74) is 3.03. The van der Waals surface area contributed by atoms with Gasteiger partial charge in [-0.15, -0.1) is 0 Å². The maximum atomic E-state index is 15.5. The van der Waals surface area contributed by atoms with Crippen molar-refractivity contribution in [2.24, 2.45) is 5.41 Å². The molecule has 2 aromatic carbocycles. The number of nitrogens with zero attached hydrogens (tertiary/aromatic N) is 5. The highest BCUT2D eigenvalue weighted by Crippen LogP contribution is 2.47. The van der Waals surface area contributed by atoms with Gasteiger partial charge >= 0.3 is 5.97 Å². The van der Waals surface area contributed by atoms with Gasteiger partial charge in [0.15, 0.2) is 17.0 Å². The first-order chi connectivity index (χ1) is 20.2. The van der Waals surface area contributed by atoms with Crippen LogP contribution in [0.3, 0.4) is 0 Å². The van der Waals surface area contributed by atoms with Crippen LogP contribution in [-0.2, 0) is 19.6 Å². The van der Waals surface area contributed by atoms with Gasteiger partial charge < -0.3 is 14.4 Å². The maximum absolute atomic E-state index is 15.5. The van der Waals surface area contributed by atoms with E-state index in [0.29, 0.717) is 45.9 Å². The van der Waals surface area contributed by atoms with E-state index in [1.807, 2.05) is 4.57 Å². The highest BCUT2D eigenvalue weighted by molar-refractivity contribution is 5.88. The van der Waals surface area contributed by atoms with E-state index >= 15 is 4.39 Å². The fraction of sp³-hybridized carbons (Fsp3) is 0.219. The number of hydrogen-bond acceptors (Lipinski definition) is 5. The quantitative estimate of drug-likeness (QED) is 0.194. The molecule has 0 saturated heterocycles. The van der Waals surface area contributed by atoms with Crippen molar-refractivity contribution >= 4 is 22.8 Å². The van der Waals surface area contributed by atoms with E-state index in [-0.39, 0.29) is 35.7 Å². The molecule has 0 radical (unpaired) electrons. The summed E-state index contributed by atoms with van der Waals surface area (Å²) in [6.07, 6.45) is 2.30. The van der Waals surface area contributed by atoms with E-state index < -0.39 is 17.6 Å². The Bertz CT molecular complexity index is 1890. The van der Waals surface area contributed by atoms with E-state index in [1.165, 1.54) is 24.3 Å². The van der Waals surface area contributed by atoms with Crippen LogP contribution in [0.25, 0.3) is 27.3 Å². The molecule has 8 nitrogen and oxygen atoms in total. The molecule has 5 aromatic rings. The third-order valence-corrected chi connectivity index (χ3v) is 7.50. The number of ether oxygens (including phenoxy) is 1. The zero-order chi connectivity index (χ0) is 29.4. The molecular formula is C32H25F2N5O3. The molecule has 0 atom stereocenters. The van der Waals surface area contributed by atoms with E-state index in [4.69, 9.17) is 11.3 Å². The Hall–Kier alpha value is -5.17. The molecule has 0 spiro atoms. The molecule has 1 fully saturated rings. The van der Waals surface area contributed by atoms with Crippen LogP contribution < -0.4 is 4.74 Å². The molecule has 6 rings (SSSR count). The number of benzene rings is 2. The number of halogens is 2. The molecule has 0 bridgehead atoms. The minimum atomic E-state index is -1.11. The van der Waals surface area contributed by atoms with Crippen LogP contribution in [0.1, 0.15) is 47.2 Å². The molecule has 0 unspecified atom stereocenters. The number of aromatic carboxylic acids is 1. The number of rotatable bonds is 9. The van der Waals surface area contributed by atoms with Gasteiger partial charge in [-0.25, -0.2) is 33.4 Å². The minimum Gasteiger partial charge on any atom is -0.477 e. The maximum Gasteiger partial charge on any atom is 0.354 e.